The van der Waals surface area contributed by atoms with Gasteiger partial charge in [0.05, 0.1) is 0 Å². The van der Waals surface area contributed by atoms with Crippen molar-refractivity contribution in [3.63, 3.8) is 0 Å². The van der Waals surface area contributed by atoms with E-state index < -0.39 is 0 Å². The minimum absolute atomic E-state index is 0.000993. The normalized spacial score (nSPS) is 24.0. The lowest BCUT2D eigenvalue weighted by Gasteiger charge is -2.32. The summed E-state index contributed by atoms with van der Waals surface area (Å²) in [6.45, 7) is 8.60. The van der Waals surface area contributed by atoms with E-state index >= 15 is 0 Å². The average molecular weight is 253 g/mol. The Morgan fingerprint density at radius 3 is 2.22 bits per heavy atom. The molecule has 0 unspecified atom stereocenters. The zero-order chi connectivity index (χ0) is 13.1. The van der Waals surface area contributed by atoms with E-state index in [9.17, 15) is 4.79 Å². The van der Waals surface area contributed by atoms with E-state index in [1.54, 1.807) is 0 Å². The molecule has 4 heteroatoms. The van der Waals surface area contributed by atoms with E-state index in [4.69, 9.17) is 0 Å². The van der Waals surface area contributed by atoms with Gasteiger partial charge in [0.2, 0.25) is 0 Å². The third kappa shape index (κ3) is 3.87. The van der Waals surface area contributed by atoms with Gasteiger partial charge < -0.3 is 15.5 Å². The third-order valence-electron chi connectivity index (χ3n) is 4.29. The minimum Gasteiger partial charge on any atom is -0.335 e. The first-order valence-corrected chi connectivity index (χ1v) is 7.37. The van der Waals surface area contributed by atoms with Gasteiger partial charge in [-0.25, -0.2) is 4.79 Å². The lowest BCUT2D eigenvalue weighted by atomic mass is 10.0. The molecular formula is C14H27N3O. The van der Waals surface area contributed by atoms with Crippen LogP contribution in [0.15, 0.2) is 0 Å². The molecular weight excluding hydrogens is 226 g/mol. The van der Waals surface area contributed by atoms with Crippen molar-refractivity contribution < 1.29 is 4.79 Å². The Morgan fingerprint density at radius 1 is 1.11 bits per heavy atom. The van der Waals surface area contributed by atoms with Gasteiger partial charge in [0.15, 0.2) is 0 Å². The van der Waals surface area contributed by atoms with Crippen LogP contribution in [0, 0.1) is 5.92 Å². The van der Waals surface area contributed by atoms with E-state index in [1.165, 1.54) is 12.8 Å². The molecule has 1 atom stereocenters. The SMILES string of the molecule is CC(C)[C@@H](C)NC(=O)NC1CCN(C2CC2)CC1. The standard InChI is InChI=1S/C14H27N3O/c1-10(2)11(3)15-14(18)16-12-6-8-17(9-7-12)13-4-5-13/h10-13H,4-9H2,1-3H3,(H2,15,16,18)/t11-/m1/s1. The van der Waals surface area contributed by atoms with Crippen molar-refractivity contribution in [1.29, 1.82) is 0 Å². The Balaban J connectivity index is 1.65. The maximum absolute atomic E-state index is 11.8. The molecule has 2 aliphatic rings. The van der Waals surface area contributed by atoms with Crippen LogP contribution < -0.4 is 10.6 Å². The van der Waals surface area contributed by atoms with Crippen LogP contribution in [0.3, 0.4) is 0 Å². The number of hydrogen-bond acceptors (Lipinski definition) is 2. The summed E-state index contributed by atoms with van der Waals surface area (Å²) in [7, 11) is 0. The van der Waals surface area contributed by atoms with Gasteiger partial charge in [-0.1, -0.05) is 13.8 Å². The highest BCUT2D eigenvalue weighted by atomic mass is 16.2. The molecule has 0 aromatic heterocycles. The number of hydrogen-bond donors (Lipinski definition) is 2. The molecule has 18 heavy (non-hydrogen) atoms. The molecule has 2 rings (SSSR count). The number of rotatable bonds is 4. The molecule has 0 bridgehead atoms. The summed E-state index contributed by atoms with van der Waals surface area (Å²) < 4.78 is 0. The molecule has 0 aromatic rings. The number of nitrogens with one attached hydrogen (secondary N) is 2. The largest absolute Gasteiger partial charge is 0.335 e. The molecule has 1 aliphatic carbocycles. The summed E-state index contributed by atoms with van der Waals surface area (Å²) in [5.74, 6) is 0.479. The maximum atomic E-state index is 11.8. The highest BCUT2D eigenvalue weighted by Gasteiger charge is 2.32. The van der Waals surface area contributed by atoms with Gasteiger partial charge in [0, 0.05) is 31.2 Å². The molecule has 2 fully saturated rings. The maximum Gasteiger partial charge on any atom is 0.315 e. The van der Waals surface area contributed by atoms with E-state index in [1.807, 2.05) is 0 Å². The molecule has 0 spiro atoms. The van der Waals surface area contributed by atoms with Gasteiger partial charge in [0.25, 0.3) is 0 Å². The zero-order valence-corrected chi connectivity index (χ0v) is 11.9. The Bertz CT molecular complexity index is 281. The molecule has 2 N–H and O–H groups in total. The predicted molar refractivity (Wildman–Crippen MR) is 73.6 cm³/mol. The molecule has 1 saturated heterocycles. The number of nitrogens with zero attached hydrogens (tertiary/aromatic N) is 1. The summed E-state index contributed by atoms with van der Waals surface area (Å²) in [5, 5.41) is 6.12. The van der Waals surface area contributed by atoms with E-state index in [0.717, 1.165) is 32.0 Å². The van der Waals surface area contributed by atoms with E-state index in [-0.39, 0.29) is 12.1 Å². The van der Waals surface area contributed by atoms with Crippen LogP contribution in [0.1, 0.15) is 46.5 Å². The molecule has 0 aromatic carbocycles. The molecule has 1 aliphatic heterocycles. The number of carbonyl (C=O) groups excluding carboxylic acids is 1. The fourth-order valence-electron chi connectivity index (χ4n) is 2.45. The third-order valence-corrected chi connectivity index (χ3v) is 4.29. The van der Waals surface area contributed by atoms with Gasteiger partial charge >= 0.3 is 6.03 Å². The first-order chi connectivity index (χ1) is 8.56. The van der Waals surface area contributed by atoms with Gasteiger partial charge in [-0.3, -0.25) is 0 Å². The summed E-state index contributed by atoms with van der Waals surface area (Å²) in [6.07, 6.45) is 4.95. The van der Waals surface area contributed by atoms with Crippen LogP contribution in [-0.2, 0) is 0 Å². The van der Waals surface area contributed by atoms with Crippen LogP contribution >= 0.6 is 0 Å². The smallest absolute Gasteiger partial charge is 0.315 e. The minimum atomic E-state index is 0.000993. The molecule has 0 radical (unpaired) electrons. The van der Waals surface area contributed by atoms with Crippen molar-refractivity contribution in [1.82, 2.24) is 15.5 Å². The fraction of sp³-hybridized carbons (Fsp3) is 0.929. The fourth-order valence-corrected chi connectivity index (χ4v) is 2.45. The number of amides is 2. The quantitative estimate of drug-likeness (QED) is 0.804. The molecule has 4 nitrogen and oxygen atoms in total. The second kappa shape index (κ2) is 5.91. The lowest BCUT2D eigenvalue weighted by Crippen LogP contribution is -2.50. The van der Waals surface area contributed by atoms with Crippen LogP contribution in [0.2, 0.25) is 0 Å². The van der Waals surface area contributed by atoms with Gasteiger partial charge in [-0.2, -0.15) is 0 Å². The van der Waals surface area contributed by atoms with Crippen molar-refractivity contribution in [2.45, 2.75) is 64.6 Å². The number of carbonyl (C=O) groups is 1. The Hall–Kier alpha value is -0.770. The van der Waals surface area contributed by atoms with Crippen LogP contribution in [0.4, 0.5) is 4.79 Å². The first kappa shape index (κ1) is 13.7. The van der Waals surface area contributed by atoms with Gasteiger partial charge in [0.1, 0.15) is 0 Å². The Morgan fingerprint density at radius 2 is 1.72 bits per heavy atom. The highest BCUT2D eigenvalue weighted by molar-refractivity contribution is 5.74. The molecule has 104 valence electrons. The van der Waals surface area contributed by atoms with Crippen LogP contribution in [0.5, 0.6) is 0 Å². The second-order valence-corrected chi connectivity index (χ2v) is 6.19. The second-order valence-electron chi connectivity index (χ2n) is 6.19. The number of urea groups is 1. The Labute approximate surface area is 110 Å². The molecule has 1 saturated carbocycles. The highest BCUT2D eigenvalue weighted by Crippen LogP contribution is 2.29. The summed E-state index contributed by atoms with van der Waals surface area (Å²) in [6, 6.07) is 1.46. The summed E-state index contributed by atoms with van der Waals surface area (Å²) in [5.41, 5.74) is 0. The average Bonchev–Trinajstić information content (AvgIpc) is 3.13. The Kier molecular flexibility index (Phi) is 4.49. The van der Waals surface area contributed by atoms with E-state index in [2.05, 4.69) is 36.3 Å². The van der Waals surface area contributed by atoms with Crippen molar-refractivity contribution in [2.75, 3.05) is 13.1 Å². The summed E-state index contributed by atoms with van der Waals surface area (Å²) >= 11 is 0. The van der Waals surface area contributed by atoms with Crippen LogP contribution in [0.25, 0.3) is 0 Å². The van der Waals surface area contributed by atoms with Crippen molar-refractivity contribution in [2.24, 2.45) is 5.92 Å². The first-order valence-electron chi connectivity index (χ1n) is 7.37. The topological polar surface area (TPSA) is 44.4 Å². The number of likely N-dealkylation sites (tertiary alicyclic amines) is 1. The molecule has 2 amide bonds. The summed E-state index contributed by atoms with van der Waals surface area (Å²) in [4.78, 5) is 14.4. The van der Waals surface area contributed by atoms with E-state index in [0.29, 0.717) is 12.0 Å². The lowest BCUT2D eigenvalue weighted by molar-refractivity contribution is 0.184. The monoisotopic (exact) mass is 253 g/mol. The zero-order valence-electron chi connectivity index (χ0n) is 11.9. The van der Waals surface area contributed by atoms with Gasteiger partial charge in [-0.05, 0) is 38.5 Å². The van der Waals surface area contributed by atoms with Crippen LogP contribution in [-0.4, -0.2) is 42.1 Å². The van der Waals surface area contributed by atoms with Crippen molar-refractivity contribution in [3.8, 4) is 0 Å². The number of piperidine rings is 1. The molecule has 1 heterocycles. The van der Waals surface area contributed by atoms with Crippen molar-refractivity contribution >= 4 is 6.03 Å². The predicted octanol–water partition coefficient (Wildman–Crippen LogP) is 1.96. The van der Waals surface area contributed by atoms with Gasteiger partial charge in [-0.15, -0.1) is 0 Å². The van der Waals surface area contributed by atoms with Crippen molar-refractivity contribution in [3.05, 3.63) is 0 Å².